The van der Waals surface area contributed by atoms with E-state index in [1.165, 1.54) is 17.6 Å². The molecule has 2 unspecified atom stereocenters. The maximum Gasteiger partial charge on any atom is 0.410 e. The zero-order valence-corrected chi connectivity index (χ0v) is 18.4. The van der Waals surface area contributed by atoms with E-state index < -0.39 is 34.2 Å². The summed E-state index contributed by atoms with van der Waals surface area (Å²) in [6.07, 6.45) is 4.77. The van der Waals surface area contributed by atoms with E-state index >= 15 is 0 Å². The third-order valence-electron chi connectivity index (χ3n) is 6.15. The van der Waals surface area contributed by atoms with Gasteiger partial charge in [-0.25, -0.2) is 17.9 Å². The minimum absolute atomic E-state index is 0.0662. The van der Waals surface area contributed by atoms with Crippen molar-refractivity contribution in [1.82, 2.24) is 9.62 Å². The molecule has 30 heavy (non-hydrogen) atoms. The minimum Gasteiger partial charge on any atom is -0.453 e. The van der Waals surface area contributed by atoms with Gasteiger partial charge in [0.25, 0.3) is 0 Å². The summed E-state index contributed by atoms with van der Waals surface area (Å²) in [6.45, 7) is -0.0742. The molecule has 2 N–H and O–H groups in total. The Morgan fingerprint density at radius 1 is 1.20 bits per heavy atom. The lowest BCUT2D eigenvalue weighted by Crippen LogP contribution is -2.51. The molecule has 3 atom stereocenters. The van der Waals surface area contributed by atoms with Gasteiger partial charge in [-0.2, -0.15) is 0 Å². The Hall–Kier alpha value is -1.68. The number of aliphatic hydroxyl groups excluding tert-OH is 1. The van der Waals surface area contributed by atoms with Gasteiger partial charge in [-0.15, -0.1) is 0 Å². The number of nitrogens with zero attached hydrogens (tertiary/aromatic N) is 1. The van der Waals surface area contributed by atoms with Gasteiger partial charge in [0, 0.05) is 6.04 Å². The number of aliphatic hydroxyl groups is 1. The first kappa shape index (κ1) is 23.0. The van der Waals surface area contributed by atoms with Gasteiger partial charge >= 0.3 is 6.09 Å². The van der Waals surface area contributed by atoms with Gasteiger partial charge < -0.3 is 14.6 Å². The van der Waals surface area contributed by atoms with Crippen LogP contribution < -0.4 is 4.72 Å². The number of carbonyl (C=O) groups is 1. The van der Waals surface area contributed by atoms with E-state index in [1.807, 2.05) is 6.07 Å². The van der Waals surface area contributed by atoms with Crippen molar-refractivity contribution in [2.24, 2.45) is 0 Å². The van der Waals surface area contributed by atoms with Gasteiger partial charge in [0.2, 0.25) is 10.0 Å². The van der Waals surface area contributed by atoms with Crippen molar-refractivity contribution in [1.29, 1.82) is 0 Å². The standard InChI is InChI=1S/C21H32N2O6S/c1-28-21(25)23-17(13-24)12-19(22-30(2,26)27)20(23)14-29-18-10-8-16(9-11-18)15-6-4-3-5-7-15/h3-7,16-20,22,24H,8-14H2,1-2H3/t16?,17?,18?,19?,20-/m0/s1. The molecule has 0 spiro atoms. The van der Waals surface area contributed by atoms with Crippen molar-refractivity contribution in [2.45, 2.75) is 62.3 Å². The highest BCUT2D eigenvalue weighted by atomic mass is 32.2. The highest BCUT2D eigenvalue weighted by molar-refractivity contribution is 7.88. The monoisotopic (exact) mass is 440 g/mol. The molecule has 1 aromatic carbocycles. The van der Waals surface area contributed by atoms with Crippen molar-refractivity contribution in [3.8, 4) is 0 Å². The Morgan fingerprint density at radius 2 is 1.87 bits per heavy atom. The number of hydrogen-bond acceptors (Lipinski definition) is 6. The first-order valence-electron chi connectivity index (χ1n) is 10.4. The zero-order chi connectivity index (χ0) is 21.7. The average molecular weight is 441 g/mol. The molecule has 0 bridgehead atoms. The van der Waals surface area contributed by atoms with Gasteiger partial charge in [-0.1, -0.05) is 30.3 Å². The summed E-state index contributed by atoms with van der Waals surface area (Å²) in [7, 11) is -2.20. The van der Waals surface area contributed by atoms with Gasteiger partial charge in [0.1, 0.15) is 0 Å². The van der Waals surface area contributed by atoms with Crippen molar-refractivity contribution in [2.75, 3.05) is 26.6 Å². The van der Waals surface area contributed by atoms with E-state index in [0.29, 0.717) is 12.3 Å². The summed E-state index contributed by atoms with van der Waals surface area (Å²) in [6, 6.07) is 8.89. The van der Waals surface area contributed by atoms with Crippen LogP contribution in [0.1, 0.15) is 43.6 Å². The minimum atomic E-state index is -3.48. The van der Waals surface area contributed by atoms with E-state index in [0.717, 1.165) is 31.9 Å². The van der Waals surface area contributed by atoms with Crippen molar-refractivity contribution in [3.63, 3.8) is 0 Å². The maximum atomic E-state index is 12.3. The van der Waals surface area contributed by atoms with Crippen LogP contribution in [-0.2, 0) is 19.5 Å². The van der Waals surface area contributed by atoms with E-state index in [9.17, 15) is 18.3 Å². The largest absolute Gasteiger partial charge is 0.453 e. The molecule has 1 aromatic rings. The van der Waals surface area contributed by atoms with Crippen LogP contribution in [0.25, 0.3) is 0 Å². The van der Waals surface area contributed by atoms with Crippen LogP contribution in [0.5, 0.6) is 0 Å². The van der Waals surface area contributed by atoms with Gasteiger partial charge in [-0.05, 0) is 43.6 Å². The number of amides is 1. The number of likely N-dealkylation sites (tertiary alicyclic amines) is 1. The van der Waals surface area contributed by atoms with Crippen LogP contribution in [0.3, 0.4) is 0 Å². The molecule has 1 amide bonds. The summed E-state index contributed by atoms with van der Waals surface area (Å²) in [5, 5.41) is 9.70. The fraction of sp³-hybridized carbons (Fsp3) is 0.667. The van der Waals surface area contributed by atoms with E-state index in [-0.39, 0.29) is 19.3 Å². The van der Waals surface area contributed by atoms with Gasteiger partial charge in [0.05, 0.1) is 44.8 Å². The van der Waals surface area contributed by atoms with Crippen LogP contribution in [0.2, 0.25) is 0 Å². The molecule has 2 aliphatic rings. The Balaban J connectivity index is 1.62. The van der Waals surface area contributed by atoms with Gasteiger partial charge in [-0.3, -0.25) is 4.90 Å². The molecule has 9 heteroatoms. The first-order chi connectivity index (χ1) is 14.3. The predicted molar refractivity (Wildman–Crippen MR) is 113 cm³/mol. The van der Waals surface area contributed by atoms with Crippen LogP contribution in [0.15, 0.2) is 30.3 Å². The summed E-state index contributed by atoms with van der Waals surface area (Å²) in [5.41, 5.74) is 1.35. The van der Waals surface area contributed by atoms with Gasteiger partial charge in [0.15, 0.2) is 0 Å². The van der Waals surface area contributed by atoms with Crippen LogP contribution in [-0.4, -0.2) is 75.3 Å². The van der Waals surface area contributed by atoms with E-state index in [1.54, 1.807) is 0 Å². The maximum absolute atomic E-state index is 12.3. The Labute approximate surface area is 178 Å². The van der Waals surface area contributed by atoms with Crippen molar-refractivity contribution >= 4 is 16.1 Å². The second-order valence-electron chi connectivity index (χ2n) is 8.23. The average Bonchev–Trinajstić information content (AvgIpc) is 3.08. The lowest BCUT2D eigenvalue weighted by atomic mass is 9.83. The second-order valence-corrected chi connectivity index (χ2v) is 10.0. The topological polar surface area (TPSA) is 105 Å². The normalized spacial score (nSPS) is 29.7. The smallest absolute Gasteiger partial charge is 0.410 e. The fourth-order valence-electron chi connectivity index (χ4n) is 4.70. The molecule has 1 aliphatic carbocycles. The number of ether oxygens (including phenoxy) is 2. The molecule has 0 aromatic heterocycles. The summed E-state index contributed by atoms with van der Waals surface area (Å²) >= 11 is 0. The summed E-state index contributed by atoms with van der Waals surface area (Å²) < 4.78 is 37.2. The third kappa shape index (κ3) is 5.72. The van der Waals surface area contributed by atoms with Crippen LogP contribution in [0.4, 0.5) is 4.79 Å². The quantitative estimate of drug-likeness (QED) is 0.670. The molecular formula is C21H32N2O6S. The Bertz CT molecular complexity index is 795. The molecule has 1 aliphatic heterocycles. The molecule has 0 radical (unpaired) electrons. The Morgan fingerprint density at radius 3 is 2.43 bits per heavy atom. The molecule has 1 heterocycles. The first-order valence-corrected chi connectivity index (χ1v) is 12.3. The van der Waals surface area contributed by atoms with E-state index in [4.69, 9.17) is 9.47 Å². The SMILES string of the molecule is COC(=O)N1C(CO)CC(NS(C)(=O)=O)[C@@H]1COC1CCC(c2ccccc2)CC1. The number of carbonyl (C=O) groups excluding carboxylic acids is 1. The molecule has 3 rings (SSSR count). The number of methoxy groups -OCH3 is 1. The van der Waals surface area contributed by atoms with E-state index in [2.05, 4.69) is 29.0 Å². The number of nitrogens with one attached hydrogen (secondary N) is 1. The lowest BCUT2D eigenvalue weighted by molar-refractivity contribution is -0.0118. The third-order valence-corrected chi connectivity index (χ3v) is 6.88. The van der Waals surface area contributed by atoms with Crippen LogP contribution in [0, 0.1) is 0 Å². The number of rotatable bonds is 7. The second kappa shape index (κ2) is 10.1. The van der Waals surface area contributed by atoms with Crippen LogP contribution >= 0.6 is 0 Å². The molecular weight excluding hydrogens is 408 g/mol. The highest BCUT2D eigenvalue weighted by Crippen LogP contribution is 2.34. The zero-order valence-electron chi connectivity index (χ0n) is 17.6. The van der Waals surface area contributed by atoms with Crippen molar-refractivity contribution < 1.29 is 27.8 Å². The fourth-order valence-corrected chi connectivity index (χ4v) is 5.50. The molecule has 8 nitrogen and oxygen atoms in total. The number of hydrogen-bond donors (Lipinski definition) is 2. The molecule has 1 saturated carbocycles. The lowest BCUT2D eigenvalue weighted by Gasteiger charge is -2.33. The highest BCUT2D eigenvalue weighted by Gasteiger charge is 2.45. The summed E-state index contributed by atoms with van der Waals surface area (Å²) in [5.74, 6) is 0.530. The molecule has 1 saturated heterocycles. The number of benzene rings is 1. The molecule has 168 valence electrons. The molecule has 2 fully saturated rings. The number of sulfonamides is 1. The summed E-state index contributed by atoms with van der Waals surface area (Å²) in [4.78, 5) is 13.7. The predicted octanol–water partition coefficient (Wildman–Crippen LogP) is 1.85. The Kier molecular flexibility index (Phi) is 7.73. The van der Waals surface area contributed by atoms with Crippen molar-refractivity contribution in [3.05, 3.63) is 35.9 Å².